The first-order valence-corrected chi connectivity index (χ1v) is 12.2. The van der Waals surface area contributed by atoms with Crippen molar-refractivity contribution in [2.24, 2.45) is 0 Å². The minimum Gasteiger partial charge on any atom is -0.337 e. The minimum absolute atomic E-state index is 0.0430. The molecule has 0 saturated heterocycles. The molecule has 2 atom stereocenters. The third kappa shape index (κ3) is 3.44. The molecule has 1 saturated carbocycles. The maximum absolute atomic E-state index is 12.6. The smallest absolute Gasteiger partial charge is 0.315 e. The van der Waals surface area contributed by atoms with Gasteiger partial charge in [0.25, 0.3) is 0 Å². The Bertz CT molecular complexity index is 981. The quantitative estimate of drug-likeness (QED) is 0.741. The van der Waals surface area contributed by atoms with Crippen LogP contribution in [0.1, 0.15) is 49.8 Å². The summed E-state index contributed by atoms with van der Waals surface area (Å²) in [5.74, 6) is 0. The van der Waals surface area contributed by atoms with Crippen molar-refractivity contribution >= 4 is 38.8 Å². The van der Waals surface area contributed by atoms with Gasteiger partial charge in [0.1, 0.15) is 4.21 Å². The first-order chi connectivity index (χ1) is 13.3. The number of hydrogen-bond donors (Lipinski definition) is 2. The Morgan fingerprint density at radius 2 is 1.96 bits per heavy atom. The van der Waals surface area contributed by atoms with Crippen molar-refractivity contribution in [1.82, 2.24) is 10.6 Å². The highest BCUT2D eigenvalue weighted by Crippen LogP contribution is 2.43. The number of thiophene rings is 1. The van der Waals surface area contributed by atoms with E-state index in [2.05, 4.69) is 10.6 Å². The average molecular weight is 439 g/mol. The third-order valence-electron chi connectivity index (χ3n) is 6.05. The van der Waals surface area contributed by atoms with Crippen molar-refractivity contribution in [2.45, 2.75) is 53.5 Å². The second-order valence-electron chi connectivity index (χ2n) is 7.78. The number of hydrogen-bond acceptors (Lipinski definition) is 4. The number of nitrogens with one attached hydrogen (secondary N) is 2. The van der Waals surface area contributed by atoms with E-state index in [1.165, 1.54) is 16.9 Å². The lowest BCUT2D eigenvalue weighted by atomic mass is 9.64. The fraction of sp³-hybridized carbons (Fsp3) is 0.450. The zero-order chi connectivity index (χ0) is 19.9. The summed E-state index contributed by atoms with van der Waals surface area (Å²) in [6, 6.07) is 9.10. The van der Waals surface area contributed by atoms with Crippen LogP contribution in [0.2, 0.25) is 5.02 Å². The molecule has 2 aromatic rings. The lowest BCUT2D eigenvalue weighted by Gasteiger charge is -2.42. The summed E-state index contributed by atoms with van der Waals surface area (Å²) >= 11 is 7.23. The van der Waals surface area contributed by atoms with E-state index in [1.54, 1.807) is 18.4 Å². The van der Waals surface area contributed by atoms with E-state index >= 15 is 0 Å². The van der Waals surface area contributed by atoms with Crippen LogP contribution >= 0.6 is 22.9 Å². The van der Waals surface area contributed by atoms with Gasteiger partial charge in [0.15, 0.2) is 9.84 Å². The summed E-state index contributed by atoms with van der Waals surface area (Å²) in [4.78, 5) is 12.6. The summed E-state index contributed by atoms with van der Waals surface area (Å²) in [6.45, 7) is 2.26. The second-order valence-corrected chi connectivity index (χ2v) is 11.7. The topological polar surface area (TPSA) is 75.3 Å². The first-order valence-electron chi connectivity index (χ1n) is 9.43. The summed E-state index contributed by atoms with van der Waals surface area (Å²) < 4.78 is 25.3. The van der Waals surface area contributed by atoms with Gasteiger partial charge in [-0.3, -0.25) is 0 Å². The van der Waals surface area contributed by atoms with Gasteiger partial charge in [-0.05, 0) is 55.3 Å². The standard InChI is InChI=1S/C20H23ClN2O3S2/c1-13-11-17(16-7-10-27-18(16)28(13,25)26)23-19(24)22-12-20(8-2-9-20)14-3-5-15(21)6-4-14/h3-7,10,13,17H,2,8-9,11-12H2,1H3,(H2,22,23,24)/t13-,17-/m0/s1. The fourth-order valence-corrected chi connectivity index (χ4v) is 7.49. The van der Waals surface area contributed by atoms with Crippen LogP contribution in [-0.4, -0.2) is 26.2 Å². The van der Waals surface area contributed by atoms with Gasteiger partial charge < -0.3 is 10.6 Å². The number of rotatable bonds is 4. The molecular formula is C20H23ClN2O3S2. The van der Waals surface area contributed by atoms with E-state index < -0.39 is 15.1 Å². The molecule has 4 rings (SSSR count). The van der Waals surface area contributed by atoms with Gasteiger partial charge in [0.2, 0.25) is 0 Å². The molecule has 28 heavy (non-hydrogen) atoms. The number of sulfone groups is 1. The molecule has 2 N–H and O–H groups in total. The molecule has 0 radical (unpaired) electrons. The van der Waals surface area contributed by atoms with Crippen molar-refractivity contribution in [3.05, 3.63) is 51.9 Å². The Kier molecular flexibility index (Phi) is 5.18. The average Bonchev–Trinajstić information content (AvgIpc) is 3.11. The van der Waals surface area contributed by atoms with Crippen molar-refractivity contribution in [3.63, 3.8) is 0 Å². The van der Waals surface area contributed by atoms with E-state index in [0.717, 1.165) is 19.3 Å². The Morgan fingerprint density at radius 1 is 1.25 bits per heavy atom. The Morgan fingerprint density at radius 3 is 2.61 bits per heavy atom. The Balaban J connectivity index is 1.43. The maximum atomic E-state index is 12.6. The fourth-order valence-electron chi connectivity index (χ4n) is 4.13. The summed E-state index contributed by atoms with van der Waals surface area (Å²) in [6.07, 6.45) is 3.59. The molecule has 1 fully saturated rings. The Hall–Kier alpha value is -1.57. The van der Waals surface area contributed by atoms with Gasteiger partial charge >= 0.3 is 6.03 Å². The summed E-state index contributed by atoms with van der Waals surface area (Å²) in [7, 11) is -3.28. The number of carbonyl (C=O) groups is 1. The highest BCUT2D eigenvalue weighted by Gasteiger charge is 2.40. The lowest BCUT2D eigenvalue weighted by molar-refractivity contribution is 0.212. The number of halogens is 1. The molecule has 0 bridgehead atoms. The van der Waals surface area contributed by atoms with Crippen LogP contribution < -0.4 is 10.6 Å². The molecule has 8 heteroatoms. The second kappa shape index (κ2) is 7.35. The molecule has 5 nitrogen and oxygen atoms in total. The zero-order valence-electron chi connectivity index (χ0n) is 15.6. The van der Waals surface area contributed by atoms with Crippen LogP contribution in [0.4, 0.5) is 4.79 Å². The van der Waals surface area contributed by atoms with Crippen molar-refractivity contribution < 1.29 is 13.2 Å². The number of amides is 2. The summed E-state index contributed by atoms with van der Waals surface area (Å²) in [5.41, 5.74) is 1.86. The first kappa shape index (κ1) is 19.7. The number of fused-ring (bicyclic) bond motifs is 1. The van der Waals surface area contributed by atoms with Gasteiger partial charge in [0, 0.05) is 22.5 Å². The lowest BCUT2D eigenvalue weighted by Crippen LogP contribution is -2.49. The van der Waals surface area contributed by atoms with Crippen LogP contribution in [0.5, 0.6) is 0 Å². The van der Waals surface area contributed by atoms with Crippen molar-refractivity contribution in [3.8, 4) is 0 Å². The molecule has 2 amide bonds. The third-order valence-corrected chi connectivity index (χ3v) is 10.0. The molecule has 1 aliphatic heterocycles. The molecule has 1 aromatic heterocycles. The minimum atomic E-state index is -3.28. The predicted molar refractivity (Wildman–Crippen MR) is 112 cm³/mol. The van der Waals surface area contributed by atoms with Crippen LogP contribution in [0.25, 0.3) is 0 Å². The van der Waals surface area contributed by atoms with E-state index in [4.69, 9.17) is 11.6 Å². The highest BCUT2D eigenvalue weighted by molar-refractivity contribution is 7.94. The van der Waals surface area contributed by atoms with E-state index in [0.29, 0.717) is 27.8 Å². The molecule has 1 aliphatic carbocycles. The maximum Gasteiger partial charge on any atom is 0.315 e. The van der Waals surface area contributed by atoms with Gasteiger partial charge in [-0.15, -0.1) is 11.3 Å². The Labute approximate surface area is 174 Å². The number of urea groups is 1. The predicted octanol–water partition coefficient (Wildman–Crippen LogP) is 4.43. The summed E-state index contributed by atoms with van der Waals surface area (Å²) in [5, 5.41) is 7.97. The van der Waals surface area contributed by atoms with Crippen molar-refractivity contribution in [2.75, 3.05) is 6.54 Å². The number of carbonyl (C=O) groups excluding carboxylic acids is 1. The van der Waals surface area contributed by atoms with Gasteiger partial charge in [-0.25, -0.2) is 13.2 Å². The monoisotopic (exact) mass is 438 g/mol. The molecule has 2 heterocycles. The molecule has 150 valence electrons. The van der Waals surface area contributed by atoms with Crippen LogP contribution in [0.15, 0.2) is 39.9 Å². The molecule has 0 spiro atoms. The van der Waals surface area contributed by atoms with Crippen LogP contribution in [0, 0.1) is 0 Å². The largest absolute Gasteiger partial charge is 0.337 e. The van der Waals surface area contributed by atoms with E-state index in [1.807, 2.05) is 24.3 Å². The van der Waals surface area contributed by atoms with Crippen molar-refractivity contribution in [1.29, 1.82) is 0 Å². The van der Waals surface area contributed by atoms with E-state index in [9.17, 15) is 13.2 Å². The molecule has 1 aromatic carbocycles. The number of benzene rings is 1. The van der Waals surface area contributed by atoms with Gasteiger partial charge in [-0.2, -0.15) is 0 Å². The van der Waals surface area contributed by atoms with E-state index in [-0.39, 0.29) is 17.5 Å². The van der Waals surface area contributed by atoms with Crippen LogP contribution in [0.3, 0.4) is 0 Å². The SMILES string of the molecule is C[C@H]1C[C@H](NC(=O)NCC2(c3ccc(Cl)cc3)CCC2)c2ccsc2S1(=O)=O. The highest BCUT2D eigenvalue weighted by atomic mass is 35.5. The molecule has 2 aliphatic rings. The van der Waals surface area contributed by atoms with Gasteiger partial charge in [-0.1, -0.05) is 30.2 Å². The zero-order valence-corrected chi connectivity index (χ0v) is 18.0. The molecule has 0 unspecified atom stereocenters. The normalized spacial score (nSPS) is 24.6. The van der Waals surface area contributed by atoms with Gasteiger partial charge in [0.05, 0.1) is 11.3 Å². The molecular weight excluding hydrogens is 416 g/mol. The van der Waals surface area contributed by atoms with Crippen LogP contribution in [-0.2, 0) is 15.3 Å².